The zero-order valence-corrected chi connectivity index (χ0v) is 19.1. The highest BCUT2D eigenvalue weighted by molar-refractivity contribution is 5.90. The second-order valence-corrected chi connectivity index (χ2v) is 7.86. The summed E-state index contributed by atoms with van der Waals surface area (Å²) in [5.74, 6) is 1.39. The van der Waals surface area contributed by atoms with Crippen LogP contribution in [0.3, 0.4) is 0 Å². The molecular formula is C24H29N5O4. The van der Waals surface area contributed by atoms with Gasteiger partial charge in [0.1, 0.15) is 0 Å². The average Bonchev–Trinajstić information content (AvgIpc) is 3.52. The van der Waals surface area contributed by atoms with Crippen LogP contribution in [0.2, 0.25) is 0 Å². The summed E-state index contributed by atoms with van der Waals surface area (Å²) in [5.41, 5.74) is 3.44. The van der Waals surface area contributed by atoms with Crippen LogP contribution in [0.5, 0.6) is 17.2 Å². The highest BCUT2D eigenvalue weighted by atomic mass is 16.5. The quantitative estimate of drug-likeness (QED) is 0.526. The lowest BCUT2D eigenvalue weighted by Gasteiger charge is -2.15. The van der Waals surface area contributed by atoms with Gasteiger partial charge < -0.3 is 24.8 Å². The molecule has 0 spiro atoms. The predicted octanol–water partition coefficient (Wildman–Crippen LogP) is 4.41. The summed E-state index contributed by atoms with van der Waals surface area (Å²) in [6.07, 6.45) is 8.23. The molecule has 1 fully saturated rings. The molecule has 174 valence electrons. The Bertz CT molecular complexity index is 1070. The Morgan fingerprint density at radius 2 is 1.70 bits per heavy atom. The largest absolute Gasteiger partial charge is 0.493 e. The van der Waals surface area contributed by atoms with E-state index in [1.807, 2.05) is 18.2 Å². The minimum atomic E-state index is -0.356. The van der Waals surface area contributed by atoms with Crippen molar-refractivity contribution in [3.8, 4) is 28.5 Å². The molecule has 1 aliphatic carbocycles. The van der Waals surface area contributed by atoms with Crippen LogP contribution in [-0.4, -0.2) is 42.1 Å². The van der Waals surface area contributed by atoms with E-state index >= 15 is 0 Å². The number of aromatic nitrogens is 3. The van der Waals surface area contributed by atoms with Crippen LogP contribution in [-0.2, 0) is 6.54 Å². The summed E-state index contributed by atoms with van der Waals surface area (Å²) in [4.78, 5) is 16.7. The molecule has 1 aliphatic rings. The van der Waals surface area contributed by atoms with E-state index in [0.29, 0.717) is 35.5 Å². The number of rotatable bonds is 8. The molecule has 2 amide bonds. The number of carbonyl (C=O) groups is 1. The second kappa shape index (κ2) is 10.2. The molecule has 9 nitrogen and oxygen atoms in total. The van der Waals surface area contributed by atoms with Gasteiger partial charge in [-0.3, -0.25) is 9.67 Å². The first-order valence-corrected chi connectivity index (χ1v) is 11.0. The predicted molar refractivity (Wildman–Crippen MR) is 125 cm³/mol. The smallest absolute Gasteiger partial charge is 0.319 e. The van der Waals surface area contributed by atoms with Crippen LogP contribution in [0.25, 0.3) is 11.3 Å². The highest BCUT2D eigenvalue weighted by Crippen LogP contribution is 2.40. The van der Waals surface area contributed by atoms with Crippen LogP contribution in [0.15, 0.2) is 42.7 Å². The maximum Gasteiger partial charge on any atom is 0.319 e. The van der Waals surface area contributed by atoms with Gasteiger partial charge in [0.25, 0.3) is 0 Å². The van der Waals surface area contributed by atoms with E-state index in [1.165, 1.54) is 34.2 Å². The second-order valence-electron chi connectivity index (χ2n) is 7.86. The van der Waals surface area contributed by atoms with Crippen molar-refractivity contribution in [3.05, 3.63) is 48.4 Å². The third-order valence-electron chi connectivity index (χ3n) is 5.79. The fourth-order valence-corrected chi connectivity index (χ4v) is 4.20. The van der Waals surface area contributed by atoms with E-state index in [-0.39, 0.29) is 6.03 Å². The minimum absolute atomic E-state index is 0.300. The van der Waals surface area contributed by atoms with Gasteiger partial charge in [0.2, 0.25) is 5.75 Å². The number of hydrogen-bond donors (Lipinski definition) is 2. The molecular weight excluding hydrogens is 422 g/mol. The van der Waals surface area contributed by atoms with Crippen molar-refractivity contribution in [1.29, 1.82) is 0 Å². The number of hydrogen-bond acceptors (Lipinski definition) is 6. The summed E-state index contributed by atoms with van der Waals surface area (Å²) >= 11 is 0. The van der Waals surface area contributed by atoms with Crippen LogP contribution < -0.4 is 24.8 Å². The number of methoxy groups -OCH3 is 3. The lowest BCUT2D eigenvalue weighted by atomic mass is 10.1. The molecule has 2 aromatic heterocycles. The molecule has 4 rings (SSSR count). The van der Waals surface area contributed by atoms with Crippen LogP contribution in [0.4, 0.5) is 10.5 Å². The molecule has 0 radical (unpaired) electrons. The summed E-state index contributed by atoms with van der Waals surface area (Å²) in [5, 5.41) is 10.5. The number of ether oxygens (including phenoxy) is 3. The van der Waals surface area contributed by atoms with Crippen LogP contribution >= 0.6 is 0 Å². The Hall–Kier alpha value is -3.75. The maximum absolute atomic E-state index is 12.6. The van der Waals surface area contributed by atoms with E-state index in [0.717, 1.165) is 29.8 Å². The monoisotopic (exact) mass is 451 g/mol. The number of benzene rings is 1. The van der Waals surface area contributed by atoms with Gasteiger partial charge in [0.05, 0.1) is 51.0 Å². The maximum atomic E-state index is 12.6. The number of carbonyl (C=O) groups excluding carboxylic acids is 1. The third-order valence-corrected chi connectivity index (χ3v) is 5.79. The van der Waals surface area contributed by atoms with Crippen molar-refractivity contribution in [2.45, 2.75) is 38.3 Å². The van der Waals surface area contributed by atoms with Crippen molar-refractivity contribution in [2.75, 3.05) is 26.6 Å². The molecule has 33 heavy (non-hydrogen) atoms. The van der Waals surface area contributed by atoms with Gasteiger partial charge in [-0.2, -0.15) is 5.10 Å². The summed E-state index contributed by atoms with van der Waals surface area (Å²) < 4.78 is 18.1. The molecule has 0 atom stereocenters. The van der Waals surface area contributed by atoms with Crippen LogP contribution in [0, 0.1) is 0 Å². The van der Waals surface area contributed by atoms with E-state index in [1.54, 1.807) is 24.5 Å². The molecule has 2 N–H and O–H groups in total. The molecule has 0 saturated heterocycles. The number of anilines is 1. The Labute approximate surface area is 193 Å². The van der Waals surface area contributed by atoms with E-state index in [2.05, 4.69) is 20.3 Å². The molecule has 9 heteroatoms. The Kier molecular flexibility index (Phi) is 6.97. The van der Waals surface area contributed by atoms with Gasteiger partial charge in [-0.25, -0.2) is 4.79 Å². The van der Waals surface area contributed by atoms with E-state index < -0.39 is 0 Å². The lowest BCUT2D eigenvalue weighted by Crippen LogP contribution is -2.28. The Morgan fingerprint density at radius 1 is 1.03 bits per heavy atom. The van der Waals surface area contributed by atoms with Gasteiger partial charge in [-0.15, -0.1) is 0 Å². The fourth-order valence-electron chi connectivity index (χ4n) is 4.20. The first kappa shape index (κ1) is 22.4. The Balaban J connectivity index is 1.47. The summed E-state index contributed by atoms with van der Waals surface area (Å²) in [6.45, 7) is 0.300. The minimum Gasteiger partial charge on any atom is -0.493 e. The fraction of sp³-hybridized carbons (Fsp3) is 0.375. The van der Waals surface area contributed by atoms with Crippen molar-refractivity contribution < 1.29 is 19.0 Å². The average molecular weight is 452 g/mol. The first-order chi connectivity index (χ1) is 16.1. The van der Waals surface area contributed by atoms with Gasteiger partial charge in [-0.05, 0) is 31.0 Å². The van der Waals surface area contributed by atoms with Crippen molar-refractivity contribution >= 4 is 11.7 Å². The topological polar surface area (TPSA) is 99.5 Å². The molecule has 0 bridgehead atoms. The molecule has 1 saturated carbocycles. The van der Waals surface area contributed by atoms with E-state index in [9.17, 15) is 4.79 Å². The van der Waals surface area contributed by atoms with Gasteiger partial charge >= 0.3 is 6.03 Å². The zero-order valence-electron chi connectivity index (χ0n) is 19.1. The molecule has 3 aromatic rings. The van der Waals surface area contributed by atoms with Crippen LogP contribution in [0.1, 0.15) is 37.4 Å². The lowest BCUT2D eigenvalue weighted by molar-refractivity contribution is 0.251. The van der Waals surface area contributed by atoms with Crippen molar-refractivity contribution in [2.24, 2.45) is 0 Å². The number of urea groups is 1. The number of amides is 2. The van der Waals surface area contributed by atoms with Gasteiger partial charge in [0, 0.05) is 30.1 Å². The summed E-state index contributed by atoms with van der Waals surface area (Å²) in [7, 11) is 4.59. The first-order valence-electron chi connectivity index (χ1n) is 11.0. The van der Waals surface area contributed by atoms with Crippen molar-refractivity contribution in [3.63, 3.8) is 0 Å². The molecule has 2 heterocycles. The Morgan fingerprint density at radius 3 is 2.30 bits per heavy atom. The number of nitrogens with zero attached hydrogens (tertiary/aromatic N) is 3. The molecule has 0 unspecified atom stereocenters. The SMILES string of the molecule is COc1cc(NC(=O)NCc2cc(-c3ccncc3)n(C3CCCC3)n2)cc(OC)c1OC. The van der Waals surface area contributed by atoms with Crippen molar-refractivity contribution in [1.82, 2.24) is 20.1 Å². The van der Waals surface area contributed by atoms with Gasteiger partial charge in [-0.1, -0.05) is 12.8 Å². The number of nitrogens with one attached hydrogen (secondary N) is 2. The van der Waals surface area contributed by atoms with Gasteiger partial charge in [0.15, 0.2) is 11.5 Å². The summed E-state index contributed by atoms with van der Waals surface area (Å²) in [6, 6.07) is 9.38. The molecule has 0 aliphatic heterocycles. The molecule has 1 aromatic carbocycles. The number of pyridine rings is 1. The normalized spacial score (nSPS) is 13.5. The van der Waals surface area contributed by atoms with E-state index in [4.69, 9.17) is 19.3 Å². The third kappa shape index (κ3) is 5.02. The zero-order chi connectivity index (χ0) is 23.2. The standard InChI is InChI=1S/C24H29N5O4/c1-31-21-13-17(14-22(32-2)23(21)33-3)27-24(30)26-15-18-12-20(16-8-10-25-11-9-16)29(28-18)19-6-4-5-7-19/h8-14,19H,4-7,15H2,1-3H3,(H2,26,27,30). The highest BCUT2D eigenvalue weighted by Gasteiger charge is 2.22.